The predicted octanol–water partition coefficient (Wildman–Crippen LogP) is 2.27. The van der Waals surface area contributed by atoms with Gasteiger partial charge in [0.25, 0.3) is 0 Å². The molecule has 6 heteroatoms. The molecule has 5 unspecified atom stereocenters. The van der Waals surface area contributed by atoms with Crippen LogP contribution in [0.15, 0.2) is 0 Å². The molecule has 0 bridgehead atoms. The van der Waals surface area contributed by atoms with E-state index in [2.05, 4.69) is 20.8 Å². The van der Waals surface area contributed by atoms with Crippen LogP contribution in [0.2, 0.25) is 0 Å². The molecule has 5 atom stereocenters. The van der Waals surface area contributed by atoms with E-state index in [0.717, 1.165) is 6.42 Å². The molecule has 0 spiro atoms. The van der Waals surface area contributed by atoms with Gasteiger partial charge in [0.2, 0.25) is 0 Å². The quantitative estimate of drug-likeness (QED) is 0.632. The number of aliphatic hydroxyl groups is 3. The van der Waals surface area contributed by atoms with E-state index in [-0.39, 0.29) is 18.1 Å². The van der Waals surface area contributed by atoms with Gasteiger partial charge in [0.1, 0.15) is 30.5 Å². The molecule has 1 rings (SSSR count). The largest absolute Gasteiger partial charge is 0.394 e. The molecular weight excluding hydrogens is 336 g/mol. The van der Waals surface area contributed by atoms with Crippen LogP contribution < -0.4 is 0 Å². The molecule has 6 nitrogen and oxygen atoms in total. The fraction of sp³-hybridized carbons (Fsp3) is 1.00. The third-order valence-corrected chi connectivity index (χ3v) is 4.47. The molecule has 3 N–H and O–H groups in total. The van der Waals surface area contributed by atoms with Crippen molar-refractivity contribution in [1.29, 1.82) is 0 Å². The van der Waals surface area contributed by atoms with Crippen LogP contribution in [-0.2, 0) is 14.2 Å². The minimum absolute atomic E-state index is 0.0783. The summed E-state index contributed by atoms with van der Waals surface area (Å²) >= 11 is 0. The highest BCUT2D eigenvalue weighted by molar-refractivity contribution is 5.00. The topological polar surface area (TPSA) is 88.4 Å². The van der Waals surface area contributed by atoms with E-state index in [0.29, 0.717) is 0 Å². The van der Waals surface area contributed by atoms with Crippen LogP contribution in [0, 0.1) is 5.41 Å². The van der Waals surface area contributed by atoms with Gasteiger partial charge in [-0.2, -0.15) is 0 Å². The molecule has 1 saturated heterocycles. The summed E-state index contributed by atoms with van der Waals surface area (Å²) in [4.78, 5) is 0. The lowest BCUT2D eigenvalue weighted by Crippen LogP contribution is -2.66. The molecule has 156 valence electrons. The maximum Gasteiger partial charge on any atom is 0.115 e. The number of aliphatic hydroxyl groups excluding tert-OH is 3. The molecule has 1 aliphatic heterocycles. The zero-order valence-corrected chi connectivity index (χ0v) is 17.9. The molecule has 0 aromatic carbocycles. The summed E-state index contributed by atoms with van der Waals surface area (Å²) in [5.74, 6) is 0. The lowest BCUT2D eigenvalue weighted by Gasteiger charge is -2.50. The monoisotopic (exact) mass is 376 g/mol. The first-order valence-electron chi connectivity index (χ1n) is 9.58. The molecule has 0 aromatic rings. The third-order valence-electron chi connectivity index (χ3n) is 4.47. The summed E-state index contributed by atoms with van der Waals surface area (Å²) in [6, 6.07) is 0. The highest BCUT2D eigenvalue weighted by atomic mass is 16.6. The Morgan fingerprint density at radius 2 is 1.50 bits per heavy atom. The first kappa shape index (κ1) is 23.8. The van der Waals surface area contributed by atoms with Crippen molar-refractivity contribution >= 4 is 0 Å². The Hall–Kier alpha value is -0.240. The second-order valence-electron chi connectivity index (χ2n) is 10.1. The zero-order chi connectivity index (χ0) is 20.5. The van der Waals surface area contributed by atoms with E-state index in [1.165, 1.54) is 0 Å². The van der Waals surface area contributed by atoms with Gasteiger partial charge in [-0.3, -0.25) is 0 Å². The summed E-state index contributed by atoms with van der Waals surface area (Å²) in [6.45, 7) is 17.5. The summed E-state index contributed by atoms with van der Waals surface area (Å²) in [6.07, 6.45) is -3.99. The molecule has 1 heterocycles. The molecule has 0 aliphatic carbocycles. The SMILES string of the molecule is CC(C)OC1C(CO)OC(C(C)(C)OC(C)(C)CC(C)(C)C)C(O)C1O. The molecule has 1 aliphatic rings. The van der Waals surface area contributed by atoms with E-state index in [1.807, 2.05) is 41.5 Å². The zero-order valence-electron chi connectivity index (χ0n) is 17.9. The summed E-state index contributed by atoms with van der Waals surface area (Å²) in [7, 11) is 0. The van der Waals surface area contributed by atoms with E-state index < -0.39 is 41.7 Å². The molecule has 0 saturated carbocycles. The Morgan fingerprint density at radius 1 is 0.962 bits per heavy atom. The number of rotatable bonds is 7. The van der Waals surface area contributed by atoms with Crippen molar-refractivity contribution in [3.05, 3.63) is 0 Å². The first-order valence-corrected chi connectivity index (χ1v) is 9.58. The normalized spacial score (nSPS) is 31.5. The molecule has 0 aromatic heterocycles. The molecule has 0 amide bonds. The van der Waals surface area contributed by atoms with Gasteiger partial charge in [-0.25, -0.2) is 0 Å². The number of hydrogen-bond acceptors (Lipinski definition) is 6. The number of ether oxygens (including phenoxy) is 3. The molecule has 26 heavy (non-hydrogen) atoms. The van der Waals surface area contributed by atoms with Gasteiger partial charge < -0.3 is 29.5 Å². The molecule has 0 radical (unpaired) electrons. The van der Waals surface area contributed by atoms with Crippen LogP contribution in [0.1, 0.15) is 68.7 Å². The van der Waals surface area contributed by atoms with Crippen LogP contribution >= 0.6 is 0 Å². The summed E-state index contributed by atoms with van der Waals surface area (Å²) in [5.41, 5.74) is -1.24. The Kier molecular flexibility index (Phi) is 7.70. The van der Waals surface area contributed by atoms with Crippen molar-refractivity contribution in [3.8, 4) is 0 Å². The van der Waals surface area contributed by atoms with E-state index in [1.54, 1.807) is 0 Å². The standard InChI is InChI=1S/C20H40O6/c1-12(2)24-16-13(10-21)25-17(15(23)14(16)22)20(8,9)26-19(6,7)11-18(3,4)5/h12-17,21-23H,10-11H2,1-9H3. The van der Waals surface area contributed by atoms with Crippen molar-refractivity contribution in [1.82, 2.24) is 0 Å². The van der Waals surface area contributed by atoms with Gasteiger partial charge in [-0.05, 0) is 53.4 Å². The summed E-state index contributed by atoms with van der Waals surface area (Å²) < 4.78 is 18.0. The highest BCUT2D eigenvalue weighted by Gasteiger charge is 2.52. The fourth-order valence-corrected chi connectivity index (χ4v) is 4.23. The van der Waals surface area contributed by atoms with Crippen molar-refractivity contribution in [2.75, 3.05) is 6.61 Å². The smallest absolute Gasteiger partial charge is 0.115 e. The van der Waals surface area contributed by atoms with Gasteiger partial charge in [0.05, 0.1) is 23.9 Å². The van der Waals surface area contributed by atoms with Crippen LogP contribution in [0.25, 0.3) is 0 Å². The first-order chi connectivity index (χ1) is 11.6. The average Bonchev–Trinajstić information content (AvgIpc) is 2.39. The Balaban J connectivity index is 2.98. The predicted molar refractivity (Wildman–Crippen MR) is 101 cm³/mol. The van der Waals surface area contributed by atoms with Gasteiger partial charge in [0, 0.05) is 0 Å². The van der Waals surface area contributed by atoms with Crippen molar-refractivity contribution in [2.24, 2.45) is 5.41 Å². The summed E-state index contributed by atoms with van der Waals surface area (Å²) in [5, 5.41) is 31.0. The van der Waals surface area contributed by atoms with Crippen LogP contribution in [0.5, 0.6) is 0 Å². The van der Waals surface area contributed by atoms with Crippen LogP contribution in [0.3, 0.4) is 0 Å². The Morgan fingerprint density at radius 3 is 1.92 bits per heavy atom. The minimum atomic E-state index is -1.18. The van der Waals surface area contributed by atoms with Crippen LogP contribution in [-0.4, -0.2) is 69.8 Å². The van der Waals surface area contributed by atoms with Gasteiger partial charge in [0.15, 0.2) is 0 Å². The lowest BCUT2D eigenvalue weighted by atomic mass is 9.82. The van der Waals surface area contributed by atoms with Crippen LogP contribution in [0.4, 0.5) is 0 Å². The third kappa shape index (κ3) is 6.43. The maximum absolute atomic E-state index is 10.7. The minimum Gasteiger partial charge on any atom is -0.394 e. The fourth-order valence-electron chi connectivity index (χ4n) is 4.23. The van der Waals surface area contributed by atoms with Crippen molar-refractivity contribution < 1.29 is 29.5 Å². The van der Waals surface area contributed by atoms with E-state index in [9.17, 15) is 15.3 Å². The van der Waals surface area contributed by atoms with E-state index >= 15 is 0 Å². The highest BCUT2D eigenvalue weighted by Crippen LogP contribution is 2.38. The second-order valence-corrected chi connectivity index (χ2v) is 10.1. The van der Waals surface area contributed by atoms with Gasteiger partial charge in [-0.15, -0.1) is 0 Å². The lowest BCUT2D eigenvalue weighted by molar-refractivity contribution is -0.297. The average molecular weight is 377 g/mol. The maximum atomic E-state index is 10.7. The Labute approximate surface area is 158 Å². The van der Waals surface area contributed by atoms with E-state index in [4.69, 9.17) is 14.2 Å². The number of hydrogen-bond donors (Lipinski definition) is 3. The second kappa shape index (κ2) is 8.41. The van der Waals surface area contributed by atoms with Crippen molar-refractivity contribution in [3.63, 3.8) is 0 Å². The van der Waals surface area contributed by atoms with Crippen molar-refractivity contribution in [2.45, 2.75) is 117 Å². The van der Waals surface area contributed by atoms with Gasteiger partial charge >= 0.3 is 0 Å². The Bertz CT molecular complexity index is 438. The van der Waals surface area contributed by atoms with Gasteiger partial charge in [-0.1, -0.05) is 20.8 Å². The molecular formula is C20H40O6. The molecule has 1 fully saturated rings.